The minimum atomic E-state index is -0.588. The Morgan fingerprint density at radius 1 is 1.09 bits per heavy atom. The van der Waals surface area contributed by atoms with E-state index in [0.29, 0.717) is 45.7 Å². The Hall–Kier alpha value is -3.77. The zero-order valence-electron chi connectivity index (χ0n) is 17.4. The molecule has 0 fully saturated rings. The third-order valence-corrected chi connectivity index (χ3v) is 6.03. The first kappa shape index (κ1) is 21.1. The molecule has 5 rings (SSSR count). The fourth-order valence-corrected chi connectivity index (χ4v) is 4.34. The van der Waals surface area contributed by atoms with Crippen molar-refractivity contribution >= 4 is 45.9 Å². The van der Waals surface area contributed by atoms with Crippen molar-refractivity contribution in [1.29, 1.82) is 0 Å². The number of Topliss-reactive ketones (excluding diaryl/α,β-unsaturated/α-hetero) is 1. The van der Waals surface area contributed by atoms with Crippen LogP contribution in [0, 0.1) is 5.82 Å². The number of allylic oxidation sites excluding steroid dienone is 1. The molecule has 5 nitrogen and oxygen atoms in total. The summed E-state index contributed by atoms with van der Waals surface area (Å²) < 4.78 is 19.8. The second-order valence-corrected chi connectivity index (χ2v) is 8.13. The largest absolute Gasteiger partial charge is 0.454 e. The second-order valence-electron chi connectivity index (χ2n) is 7.72. The van der Waals surface area contributed by atoms with Crippen LogP contribution in [0.3, 0.4) is 0 Å². The summed E-state index contributed by atoms with van der Waals surface area (Å²) in [6.07, 6.45) is 4.44. The van der Waals surface area contributed by atoms with Crippen LogP contribution in [0.5, 0.6) is 0 Å². The standard InChI is InChI=1S/C26H18ClFN2O3/c27-19-6-3-7-20(28)18(19)13-15-10-11-17-24(16-5-1-2-8-21(16)30-25(15)17)26(32)33-14-23(31)22-9-4-12-29-22/h1-9,12-13,29H,10-11,14H2. The summed E-state index contributed by atoms with van der Waals surface area (Å²) in [6.45, 7) is -0.377. The lowest BCUT2D eigenvalue weighted by atomic mass is 10.0. The number of carbonyl (C=O) groups is 2. The molecule has 0 saturated heterocycles. The van der Waals surface area contributed by atoms with Crippen LogP contribution in [-0.4, -0.2) is 28.3 Å². The Bertz CT molecular complexity index is 1410. The summed E-state index contributed by atoms with van der Waals surface area (Å²) in [5.74, 6) is -1.33. The van der Waals surface area contributed by atoms with Crippen molar-refractivity contribution in [2.24, 2.45) is 0 Å². The lowest BCUT2D eigenvalue weighted by Gasteiger charge is -2.12. The van der Waals surface area contributed by atoms with E-state index in [0.717, 1.165) is 11.1 Å². The van der Waals surface area contributed by atoms with Gasteiger partial charge in [0.25, 0.3) is 0 Å². The predicted octanol–water partition coefficient (Wildman–Crippen LogP) is 5.88. The number of H-pyrrole nitrogens is 1. The van der Waals surface area contributed by atoms with E-state index in [1.807, 2.05) is 18.2 Å². The summed E-state index contributed by atoms with van der Waals surface area (Å²) in [5, 5.41) is 0.956. The number of para-hydroxylation sites is 1. The van der Waals surface area contributed by atoms with Gasteiger partial charge in [0.1, 0.15) is 5.82 Å². The molecule has 164 valence electrons. The van der Waals surface area contributed by atoms with Gasteiger partial charge >= 0.3 is 5.97 Å². The van der Waals surface area contributed by atoms with Gasteiger partial charge in [-0.2, -0.15) is 0 Å². The average molecular weight is 461 g/mol. The minimum absolute atomic E-state index is 0.289. The van der Waals surface area contributed by atoms with Crippen LogP contribution in [0.25, 0.3) is 22.6 Å². The fourth-order valence-electron chi connectivity index (χ4n) is 4.12. The number of aromatic nitrogens is 2. The molecule has 0 atom stereocenters. The SMILES string of the molecule is O=C(COC(=O)c1c2c(nc3ccccc13)C(=Cc1c(F)cccc1Cl)CC2)c1ccc[nH]1. The van der Waals surface area contributed by atoms with Crippen LogP contribution in [0.4, 0.5) is 4.39 Å². The zero-order valence-corrected chi connectivity index (χ0v) is 18.2. The van der Waals surface area contributed by atoms with Crippen molar-refractivity contribution in [1.82, 2.24) is 9.97 Å². The van der Waals surface area contributed by atoms with E-state index in [1.165, 1.54) is 6.07 Å². The van der Waals surface area contributed by atoms with Crippen molar-refractivity contribution < 1.29 is 18.7 Å². The molecule has 1 N–H and O–H groups in total. The first-order chi connectivity index (χ1) is 16.0. The molecule has 0 radical (unpaired) electrons. The van der Waals surface area contributed by atoms with Crippen LogP contribution >= 0.6 is 11.6 Å². The Labute approximate surface area is 193 Å². The van der Waals surface area contributed by atoms with Gasteiger partial charge in [0.15, 0.2) is 6.61 Å². The first-order valence-electron chi connectivity index (χ1n) is 10.4. The smallest absolute Gasteiger partial charge is 0.339 e. The maximum atomic E-state index is 14.4. The molecule has 0 saturated carbocycles. The molecule has 0 aliphatic heterocycles. The molecule has 0 spiro atoms. The highest BCUT2D eigenvalue weighted by Gasteiger charge is 2.28. The van der Waals surface area contributed by atoms with Gasteiger partial charge < -0.3 is 9.72 Å². The molecule has 4 aromatic rings. The Kier molecular flexibility index (Phi) is 5.52. The van der Waals surface area contributed by atoms with E-state index in [9.17, 15) is 14.0 Å². The van der Waals surface area contributed by atoms with Gasteiger partial charge in [-0.1, -0.05) is 35.9 Å². The summed E-state index contributed by atoms with van der Waals surface area (Å²) in [4.78, 5) is 33.0. The van der Waals surface area contributed by atoms with Crippen molar-refractivity contribution in [2.45, 2.75) is 12.8 Å². The number of hydrogen-bond donors (Lipinski definition) is 1. The lowest BCUT2D eigenvalue weighted by molar-refractivity contribution is 0.0474. The van der Waals surface area contributed by atoms with E-state index < -0.39 is 11.8 Å². The maximum Gasteiger partial charge on any atom is 0.339 e. The normalized spacial score (nSPS) is 13.9. The molecule has 0 bridgehead atoms. The van der Waals surface area contributed by atoms with Gasteiger partial charge in [-0.3, -0.25) is 4.79 Å². The average Bonchev–Trinajstić information content (AvgIpc) is 3.49. The highest BCUT2D eigenvalue weighted by molar-refractivity contribution is 6.32. The molecular formula is C26H18ClFN2O3. The predicted molar refractivity (Wildman–Crippen MR) is 125 cm³/mol. The molecule has 1 aliphatic carbocycles. The Morgan fingerprint density at radius 3 is 2.73 bits per heavy atom. The molecule has 33 heavy (non-hydrogen) atoms. The van der Waals surface area contributed by atoms with Gasteiger partial charge in [0.05, 0.1) is 27.5 Å². The number of rotatable bonds is 5. The van der Waals surface area contributed by atoms with Gasteiger partial charge in [0, 0.05) is 17.1 Å². The number of esters is 1. The maximum absolute atomic E-state index is 14.4. The van der Waals surface area contributed by atoms with Gasteiger partial charge in [-0.05, 0) is 60.4 Å². The molecule has 1 aliphatic rings. The van der Waals surface area contributed by atoms with E-state index in [2.05, 4.69) is 4.98 Å². The third kappa shape index (κ3) is 3.94. The monoisotopic (exact) mass is 460 g/mol. The molecule has 2 heterocycles. The number of ether oxygens (including phenoxy) is 1. The van der Waals surface area contributed by atoms with Crippen LogP contribution in [-0.2, 0) is 11.2 Å². The molecule has 2 aromatic carbocycles. The van der Waals surface area contributed by atoms with E-state index in [1.54, 1.807) is 42.6 Å². The summed E-state index contributed by atoms with van der Waals surface area (Å²) in [7, 11) is 0. The quantitative estimate of drug-likeness (QED) is 0.298. The van der Waals surface area contributed by atoms with Gasteiger partial charge in [0.2, 0.25) is 5.78 Å². The number of hydrogen-bond acceptors (Lipinski definition) is 4. The Balaban J connectivity index is 1.56. The highest BCUT2D eigenvalue weighted by Crippen LogP contribution is 2.38. The fraction of sp³-hybridized carbons (Fsp3) is 0.115. The number of aromatic amines is 1. The van der Waals surface area contributed by atoms with Gasteiger partial charge in [-0.15, -0.1) is 0 Å². The van der Waals surface area contributed by atoms with Gasteiger partial charge in [-0.25, -0.2) is 14.2 Å². The summed E-state index contributed by atoms with van der Waals surface area (Å²) in [5.41, 5.74) is 3.81. The van der Waals surface area contributed by atoms with Crippen LogP contribution in [0.2, 0.25) is 5.02 Å². The van der Waals surface area contributed by atoms with Crippen LogP contribution < -0.4 is 0 Å². The number of nitrogens with one attached hydrogen (secondary N) is 1. The second kappa shape index (κ2) is 8.64. The third-order valence-electron chi connectivity index (χ3n) is 5.70. The number of pyridine rings is 1. The van der Waals surface area contributed by atoms with Crippen molar-refractivity contribution in [3.05, 3.63) is 99.7 Å². The topological polar surface area (TPSA) is 72.1 Å². The van der Waals surface area contributed by atoms with Crippen LogP contribution in [0.15, 0.2) is 60.8 Å². The van der Waals surface area contributed by atoms with E-state index in [-0.39, 0.29) is 18.0 Å². The molecule has 2 aromatic heterocycles. The number of fused-ring (bicyclic) bond motifs is 2. The summed E-state index contributed by atoms with van der Waals surface area (Å²) >= 11 is 6.21. The molecule has 0 amide bonds. The molecular weight excluding hydrogens is 443 g/mol. The lowest BCUT2D eigenvalue weighted by Crippen LogP contribution is -2.16. The van der Waals surface area contributed by atoms with Crippen molar-refractivity contribution in [3.63, 3.8) is 0 Å². The molecule has 0 unspecified atom stereocenters. The minimum Gasteiger partial charge on any atom is -0.454 e. The Morgan fingerprint density at radius 2 is 1.94 bits per heavy atom. The number of carbonyl (C=O) groups excluding carboxylic acids is 2. The highest BCUT2D eigenvalue weighted by atomic mass is 35.5. The van der Waals surface area contributed by atoms with E-state index in [4.69, 9.17) is 21.3 Å². The zero-order chi connectivity index (χ0) is 22.9. The van der Waals surface area contributed by atoms with Crippen LogP contribution in [0.1, 0.15) is 44.1 Å². The summed E-state index contributed by atoms with van der Waals surface area (Å²) in [6, 6.07) is 15.1. The number of halogens is 2. The number of ketones is 1. The number of nitrogens with zero attached hydrogens (tertiary/aromatic N) is 1. The molecule has 7 heteroatoms. The van der Waals surface area contributed by atoms with E-state index >= 15 is 0 Å². The number of benzene rings is 2. The first-order valence-corrected chi connectivity index (χ1v) is 10.8. The van der Waals surface area contributed by atoms with Crippen molar-refractivity contribution in [3.8, 4) is 0 Å². The van der Waals surface area contributed by atoms with Crippen molar-refractivity contribution in [2.75, 3.05) is 6.61 Å².